The van der Waals surface area contributed by atoms with Gasteiger partial charge in [0.1, 0.15) is 11.5 Å². The average molecular weight is 536 g/mol. The molecule has 0 aliphatic heterocycles. The van der Waals surface area contributed by atoms with E-state index >= 15 is 0 Å². The van der Waals surface area contributed by atoms with Crippen molar-refractivity contribution in [2.75, 3.05) is 36.2 Å². The molecule has 3 N–H and O–H groups in total. The lowest BCUT2D eigenvalue weighted by Crippen LogP contribution is -2.35. The first-order valence-electron chi connectivity index (χ1n) is 11.6. The van der Waals surface area contributed by atoms with Crippen LogP contribution in [0.2, 0.25) is 0 Å². The summed E-state index contributed by atoms with van der Waals surface area (Å²) in [5.74, 6) is 1.02. The van der Waals surface area contributed by atoms with Crippen molar-refractivity contribution in [3.05, 3.63) is 66.7 Å². The van der Waals surface area contributed by atoms with Crippen molar-refractivity contribution in [1.82, 2.24) is 15.3 Å². The molecule has 12 heteroatoms. The molecule has 2 atom stereocenters. The highest BCUT2D eigenvalue weighted by molar-refractivity contribution is 7.81. The molecule has 1 amide bonds. The second-order valence-electron chi connectivity index (χ2n) is 8.17. The summed E-state index contributed by atoms with van der Waals surface area (Å²) in [6, 6.07) is 18.3. The molecule has 1 aromatic heterocycles. The maximum absolute atomic E-state index is 12.6. The first-order chi connectivity index (χ1) is 18.3. The van der Waals surface area contributed by atoms with Crippen LogP contribution in [-0.4, -0.2) is 51.9 Å². The standard InChI is InChI=1S/C26H28N6O5S/c1-16(27-2)26(33)29-17-8-7-9-19(12-17)32(38(34)35)25-24(30-22-10-5-6-11-23(22)31-25)28-18-13-20(36-3)15-21(14-18)37-4/h5-16,27H,1-4H3,(H,28,30)(H,29,33)(H,34,35)/p-1/t16-/m1/s1. The summed E-state index contributed by atoms with van der Waals surface area (Å²) in [6.45, 7) is 1.72. The molecule has 0 saturated carbocycles. The zero-order valence-electron chi connectivity index (χ0n) is 21.2. The van der Waals surface area contributed by atoms with Gasteiger partial charge in [0.2, 0.25) is 5.91 Å². The fourth-order valence-corrected chi connectivity index (χ4v) is 4.16. The van der Waals surface area contributed by atoms with Crippen LogP contribution in [0.25, 0.3) is 11.0 Å². The number of methoxy groups -OCH3 is 2. The third-order valence-electron chi connectivity index (χ3n) is 5.68. The van der Waals surface area contributed by atoms with Crippen LogP contribution in [0.1, 0.15) is 6.92 Å². The molecule has 0 saturated heterocycles. The molecule has 0 aliphatic rings. The predicted molar refractivity (Wildman–Crippen MR) is 147 cm³/mol. The van der Waals surface area contributed by atoms with Gasteiger partial charge in [-0.1, -0.05) is 18.2 Å². The topological polar surface area (TPSA) is 141 Å². The summed E-state index contributed by atoms with van der Waals surface area (Å²) in [5.41, 5.74) is 2.28. The van der Waals surface area contributed by atoms with Crippen LogP contribution in [0.15, 0.2) is 66.7 Å². The molecule has 0 spiro atoms. The number of likely N-dealkylation sites (N-methyl/N-ethyl adjacent to an activating group) is 1. The van der Waals surface area contributed by atoms with E-state index in [1.807, 2.05) is 6.07 Å². The van der Waals surface area contributed by atoms with Gasteiger partial charge in [-0.25, -0.2) is 9.97 Å². The van der Waals surface area contributed by atoms with Crippen LogP contribution >= 0.6 is 0 Å². The smallest absolute Gasteiger partial charge is 0.241 e. The predicted octanol–water partition coefficient (Wildman–Crippen LogP) is 3.87. The Hall–Kier alpha value is -4.26. The molecule has 0 bridgehead atoms. The highest BCUT2D eigenvalue weighted by Crippen LogP contribution is 2.36. The van der Waals surface area contributed by atoms with Crippen LogP contribution in [0, 0.1) is 0 Å². The van der Waals surface area contributed by atoms with E-state index in [0.29, 0.717) is 33.9 Å². The number of anilines is 5. The number of amides is 1. The number of aromatic nitrogens is 2. The van der Waals surface area contributed by atoms with E-state index in [-0.39, 0.29) is 23.2 Å². The highest BCUT2D eigenvalue weighted by atomic mass is 32.2. The Labute approximate surface area is 222 Å². The summed E-state index contributed by atoms with van der Waals surface area (Å²) in [6.07, 6.45) is 0. The number of hydrogen-bond donors (Lipinski definition) is 3. The Morgan fingerprint density at radius 3 is 2.21 bits per heavy atom. The number of carbonyl (C=O) groups excluding carboxylic acids is 1. The van der Waals surface area contributed by atoms with Crippen molar-refractivity contribution in [3.63, 3.8) is 0 Å². The van der Waals surface area contributed by atoms with E-state index < -0.39 is 17.3 Å². The van der Waals surface area contributed by atoms with Crippen molar-refractivity contribution in [3.8, 4) is 11.5 Å². The second kappa shape index (κ2) is 11.9. The summed E-state index contributed by atoms with van der Waals surface area (Å²) in [4.78, 5) is 21.7. The van der Waals surface area contributed by atoms with Crippen molar-refractivity contribution < 1.29 is 23.0 Å². The third kappa shape index (κ3) is 5.99. The summed E-state index contributed by atoms with van der Waals surface area (Å²) < 4.78 is 37.0. The molecule has 0 fully saturated rings. The highest BCUT2D eigenvalue weighted by Gasteiger charge is 2.21. The van der Waals surface area contributed by atoms with Crippen LogP contribution in [-0.2, 0) is 16.1 Å². The van der Waals surface area contributed by atoms with E-state index in [4.69, 9.17) is 9.47 Å². The van der Waals surface area contributed by atoms with E-state index in [1.165, 1.54) is 14.2 Å². The number of para-hydroxylation sites is 2. The molecular weight excluding hydrogens is 508 g/mol. The van der Waals surface area contributed by atoms with Gasteiger partial charge in [0.05, 0.1) is 48.2 Å². The van der Waals surface area contributed by atoms with E-state index in [9.17, 15) is 13.6 Å². The Kier molecular flexibility index (Phi) is 8.36. The summed E-state index contributed by atoms with van der Waals surface area (Å²) >= 11 is -2.79. The number of nitrogens with zero attached hydrogens (tertiary/aromatic N) is 3. The van der Waals surface area contributed by atoms with E-state index in [0.717, 1.165) is 4.31 Å². The molecule has 1 unspecified atom stereocenters. The quantitative estimate of drug-likeness (QED) is 0.258. The Bertz CT molecular complexity index is 1460. The fourth-order valence-electron chi connectivity index (χ4n) is 3.60. The lowest BCUT2D eigenvalue weighted by Gasteiger charge is -2.27. The van der Waals surface area contributed by atoms with Crippen molar-refractivity contribution in [2.24, 2.45) is 0 Å². The number of hydrogen-bond acceptors (Lipinski definition) is 9. The minimum absolute atomic E-state index is 0.0332. The largest absolute Gasteiger partial charge is 0.755 e. The maximum atomic E-state index is 12.6. The van der Waals surface area contributed by atoms with Crippen LogP contribution in [0.5, 0.6) is 11.5 Å². The number of benzene rings is 3. The fraction of sp³-hybridized carbons (Fsp3) is 0.192. The van der Waals surface area contributed by atoms with Gasteiger partial charge >= 0.3 is 0 Å². The molecule has 0 aliphatic carbocycles. The van der Waals surface area contributed by atoms with Crippen LogP contribution in [0.3, 0.4) is 0 Å². The van der Waals surface area contributed by atoms with Crippen molar-refractivity contribution >= 4 is 56.9 Å². The molecular formula is C26H27N6O5S-. The molecule has 4 rings (SSSR count). The van der Waals surface area contributed by atoms with Crippen LogP contribution < -0.4 is 29.7 Å². The number of ether oxygens (including phenoxy) is 2. The SMILES string of the molecule is CN[C@H](C)C(=O)Nc1cccc(N(c2nc3ccccc3nc2Nc2cc(OC)cc(OC)c2)S(=O)[O-])c1. The lowest BCUT2D eigenvalue weighted by molar-refractivity contribution is -0.117. The van der Waals surface area contributed by atoms with Gasteiger partial charge in [-0.15, -0.1) is 0 Å². The molecule has 0 radical (unpaired) electrons. The minimum atomic E-state index is -2.79. The van der Waals surface area contributed by atoms with Crippen molar-refractivity contribution in [1.29, 1.82) is 0 Å². The molecule has 3 aromatic carbocycles. The molecule has 4 aromatic rings. The summed E-state index contributed by atoms with van der Waals surface area (Å²) in [5, 5.41) is 8.81. The first kappa shape index (κ1) is 26.8. The number of fused-ring (bicyclic) bond motifs is 1. The van der Waals surface area contributed by atoms with Crippen LogP contribution in [0.4, 0.5) is 28.7 Å². The Balaban J connectivity index is 1.82. The van der Waals surface area contributed by atoms with Gasteiger partial charge in [0, 0.05) is 29.6 Å². The lowest BCUT2D eigenvalue weighted by atomic mass is 10.2. The number of nitrogens with one attached hydrogen (secondary N) is 3. The molecule has 1 heterocycles. The molecule has 11 nitrogen and oxygen atoms in total. The molecule has 198 valence electrons. The zero-order chi connectivity index (χ0) is 27.2. The van der Waals surface area contributed by atoms with Gasteiger partial charge in [0.25, 0.3) is 0 Å². The van der Waals surface area contributed by atoms with Gasteiger partial charge in [-0.2, -0.15) is 0 Å². The second-order valence-corrected chi connectivity index (χ2v) is 8.97. The Morgan fingerprint density at radius 2 is 1.61 bits per heavy atom. The number of rotatable bonds is 10. The van der Waals surface area contributed by atoms with Gasteiger partial charge in [-0.3, -0.25) is 13.3 Å². The molecule has 38 heavy (non-hydrogen) atoms. The van der Waals surface area contributed by atoms with E-state index in [2.05, 4.69) is 25.9 Å². The van der Waals surface area contributed by atoms with Gasteiger partial charge < -0.3 is 30.0 Å². The van der Waals surface area contributed by atoms with E-state index in [1.54, 1.807) is 74.6 Å². The number of carbonyl (C=O) groups is 1. The normalized spacial score (nSPS) is 12.4. The minimum Gasteiger partial charge on any atom is -0.755 e. The zero-order valence-corrected chi connectivity index (χ0v) is 22.0. The first-order valence-corrected chi connectivity index (χ1v) is 12.6. The third-order valence-corrected chi connectivity index (χ3v) is 6.36. The maximum Gasteiger partial charge on any atom is 0.241 e. The summed E-state index contributed by atoms with van der Waals surface area (Å²) in [7, 11) is 4.74. The van der Waals surface area contributed by atoms with Crippen molar-refractivity contribution in [2.45, 2.75) is 13.0 Å². The monoisotopic (exact) mass is 535 g/mol. The van der Waals surface area contributed by atoms with Gasteiger partial charge in [0.15, 0.2) is 11.6 Å². The van der Waals surface area contributed by atoms with Gasteiger partial charge in [-0.05, 0) is 44.3 Å². The Morgan fingerprint density at radius 1 is 0.947 bits per heavy atom. The average Bonchev–Trinajstić information content (AvgIpc) is 2.92.